The van der Waals surface area contributed by atoms with E-state index < -0.39 is 0 Å². The van der Waals surface area contributed by atoms with Crippen LogP contribution in [-0.4, -0.2) is 12.5 Å². The Bertz CT molecular complexity index is 377. The lowest BCUT2D eigenvalue weighted by Crippen LogP contribution is -2.26. The van der Waals surface area contributed by atoms with Crippen LogP contribution < -0.4 is 11.1 Å². The number of carbonyl (C=O) groups is 1. The fourth-order valence-corrected chi connectivity index (χ4v) is 1.21. The Balaban J connectivity index is 2.48. The monoisotopic (exact) mass is 224 g/mol. The maximum absolute atomic E-state index is 11.4. The highest BCUT2D eigenvalue weighted by Crippen LogP contribution is 2.07. The molecular formula is C11H13ClN2O. The third-order valence-electron chi connectivity index (χ3n) is 1.79. The first-order valence-corrected chi connectivity index (χ1v) is 4.90. The number of hydrogen-bond acceptors (Lipinski definition) is 2. The maximum atomic E-state index is 11.4. The number of nitrogen functional groups attached to an aromatic ring is 1. The van der Waals surface area contributed by atoms with E-state index in [1.54, 1.807) is 12.1 Å². The predicted molar refractivity (Wildman–Crippen MR) is 62.6 cm³/mol. The molecule has 0 aliphatic heterocycles. The molecule has 0 unspecified atom stereocenters. The predicted octanol–water partition coefficient (Wildman–Crippen LogP) is 1.68. The highest BCUT2D eigenvalue weighted by atomic mass is 35.5. The van der Waals surface area contributed by atoms with Gasteiger partial charge in [0.25, 0.3) is 0 Å². The standard InChI is InChI=1S/C11H13ClN2O/c1-8(12)7-14-11(15)6-9-3-2-4-10(13)5-9/h2-5H,1,6-7,13H2,(H,14,15). The quantitative estimate of drug-likeness (QED) is 0.765. The second-order valence-corrected chi connectivity index (χ2v) is 3.75. The highest BCUT2D eigenvalue weighted by molar-refractivity contribution is 6.29. The van der Waals surface area contributed by atoms with Gasteiger partial charge in [0.15, 0.2) is 0 Å². The van der Waals surface area contributed by atoms with Gasteiger partial charge in [0, 0.05) is 10.7 Å². The summed E-state index contributed by atoms with van der Waals surface area (Å²) in [4.78, 5) is 11.4. The number of carbonyl (C=O) groups excluding carboxylic acids is 1. The van der Waals surface area contributed by atoms with E-state index in [-0.39, 0.29) is 5.91 Å². The molecule has 0 aliphatic carbocycles. The molecule has 0 spiro atoms. The van der Waals surface area contributed by atoms with Crippen LogP contribution >= 0.6 is 11.6 Å². The summed E-state index contributed by atoms with van der Waals surface area (Å²) < 4.78 is 0. The number of benzene rings is 1. The number of nitrogens with one attached hydrogen (secondary N) is 1. The van der Waals surface area contributed by atoms with Crippen LogP contribution in [0.1, 0.15) is 5.56 Å². The summed E-state index contributed by atoms with van der Waals surface area (Å²) in [5, 5.41) is 3.05. The number of nitrogens with two attached hydrogens (primary N) is 1. The van der Waals surface area contributed by atoms with Gasteiger partial charge in [-0.2, -0.15) is 0 Å². The zero-order valence-corrected chi connectivity index (χ0v) is 9.05. The third-order valence-corrected chi connectivity index (χ3v) is 1.93. The molecule has 0 aliphatic rings. The molecule has 0 aromatic heterocycles. The van der Waals surface area contributed by atoms with Gasteiger partial charge in [0.2, 0.25) is 5.91 Å². The number of anilines is 1. The Morgan fingerprint density at radius 1 is 1.53 bits per heavy atom. The fraction of sp³-hybridized carbons (Fsp3) is 0.182. The molecule has 0 bridgehead atoms. The van der Waals surface area contributed by atoms with E-state index in [9.17, 15) is 4.79 Å². The molecule has 1 aromatic rings. The van der Waals surface area contributed by atoms with Crippen molar-refractivity contribution in [2.24, 2.45) is 0 Å². The van der Waals surface area contributed by atoms with Gasteiger partial charge >= 0.3 is 0 Å². The number of rotatable bonds is 4. The van der Waals surface area contributed by atoms with Gasteiger partial charge in [-0.1, -0.05) is 30.3 Å². The molecule has 1 aromatic carbocycles. The summed E-state index contributed by atoms with van der Waals surface area (Å²) >= 11 is 5.52. The molecule has 15 heavy (non-hydrogen) atoms. The van der Waals surface area contributed by atoms with Crippen LogP contribution in [0.15, 0.2) is 35.9 Å². The summed E-state index contributed by atoms with van der Waals surface area (Å²) in [7, 11) is 0. The van der Waals surface area contributed by atoms with Gasteiger partial charge in [-0.3, -0.25) is 4.79 Å². The van der Waals surface area contributed by atoms with Crippen LogP contribution in [-0.2, 0) is 11.2 Å². The van der Waals surface area contributed by atoms with Gasteiger partial charge in [-0.25, -0.2) is 0 Å². The molecule has 0 fully saturated rings. The SMILES string of the molecule is C=C(Cl)CNC(=O)Cc1cccc(N)c1. The van der Waals surface area contributed by atoms with Crippen molar-refractivity contribution in [3.8, 4) is 0 Å². The van der Waals surface area contributed by atoms with E-state index in [4.69, 9.17) is 17.3 Å². The molecule has 3 N–H and O–H groups in total. The minimum atomic E-state index is -0.0950. The lowest BCUT2D eigenvalue weighted by atomic mass is 10.1. The topological polar surface area (TPSA) is 55.1 Å². The van der Waals surface area contributed by atoms with Gasteiger partial charge in [0.05, 0.1) is 13.0 Å². The van der Waals surface area contributed by atoms with Crippen molar-refractivity contribution in [2.75, 3.05) is 12.3 Å². The molecule has 0 radical (unpaired) electrons. The van der Waals surface area contributed by atoms with E-state index in [0.717, 1.165) is 5.56 Å². The van der Waals surface area contributed by atoms with E-state index in [2.05, 4.69) is 11.9 Å². The zero-order valence-electron chi connectivity index (χ0n) is 8.29. The zero-order chi connectivity index (χ0) is 11.3. The lowest BCUT2D eigenvalue weighted by Gasteiger charge is -2.04. The molecular weight excluding hydrogens is 212 g/mol. The average Bonchev–Trinajstić information content (AvgIpc) is 2.15. The van der Waals surface area contributed by atoms with Crippen molar-refractivity contribution in [1.82, 2.24) is 5.32 Å². The smallest absolute Gasteiger partial charge is 0.224 e. The Labute approximate surface area is 93.9 Å². The van der Waals surface area contributed by atoms with E-state index in [1.165, 1.54) is 0 Å². The number of amides is 1. The van der Waals surface area contributed by atoms with Crippen molar-refractivity contribution in [2.45, 2.75) is 6.42 Å². The molecule has 0 atom stereocenters. The average molecular weight is 225 g/mol. The minimum Gasteiger partial charge on any atom is -0.399 e. The van der Waals surface area contributed by atoms with Crippen LogP contribution in [0.2, 0.25) is 0 Å². The normalized spacial score (nSPS) is 9.67. The van der Waals surface area contributed by atoms with Crippen LogP contribution in [0.25, 0.3) is 0 Å². The summed E-state index contributed by atoms with van der Waals surface area (Å²) in [6.45, 7) is 3.77. The highest BCUT2D eigenvalue weighted by Gasteiger charge is 2.02. The first kappa shape index (κ1) is 11.6. The van der Waals surface area contributed by atoms with E-state index in [0.29, 0.717) is 23.7 Å². The summed E-state index contributed by atoms with van der Waals surface area (Å²) in [5.74, 6) is -0.0950. The van der Waals surface area contributed by atoms with Crippen molar-refractivity contribution in [3.63, 3.8) is 0 Å². The fourth-order valence-electron chi connectivity index (χ4n) is 1.15. The first-order valence-electron chi connectivity index (χ1n) is 4.52. The second-order valence-electron chi connectivity index (χ2n) is 3.22. The second kappa shape index (κ2) is 5.41. The molecule has 0 saturated carbocycles. The Hall–Kier alpha value is -1.48. The largest absolute Gasteiger partial charge is 0.399 e. The van der Waals surface area contributed by atoms with Crippen molar-refractivity contribution < 1.29 is 4.79 Å². The molecule has 80 valence electrons. The molecule has 4 heteroatoms. The van der Waals surface area contributed by atoms with Crippen molar-refractivity contribution in [3.05, 3.63) is 41.4 Å². The molecule has 0 heterocycles. The number of halogens is 1. The molecule has 1 rings (SSSR count). The Kier molecular flexibility index (Phi) is 4.18. The molecule has 3 nitrogen and oxygen atoms in total. The summed E-state index contributed by atoms with van der Waals surface area (Å²) in [6, 6.07) is 7.22. The Morgan fingerprint density at radius 2 is 2.27 bits per heavy atom. The maximum Gasteiger partial charge on any atom is 0.224 e. The Morgan fingerprint density at radius 3 is 2.87 bits per heavy atom. The van der Waals surface area contributed by atoms with Crippen LogP contribution in [0.5, 0.6) is 0 Å². The van der Waals surface area contributed by atoms with Gasteiger partial charge in [-0.15, -0.1) is 0 Å². The van der Waals surface area contributed by atoms with Crippen molar-refractivity contribution in [1.29, 1.82) is 0 Å². The van der Waals surface area contributed by atoms with Crippen LogP contribution in [0, 0.1) is 0 Å². The molecule has 1 amide bonds. The van der Waals surface area contributed by atoms with E-state index >= 15 is 0 Å². The van der Waals surface area contributed by atoms with Gasteiger partial charge in [0.1, 0.15) is 0 Å². The summed E-state index contributed by atoms with van der Waals surface area (Å²) in [6.07, 6.45) is 0.301. The van der Waals surface area contributed by atoms with E-state index in [1.807, 2.05) is 12.1 Å². The van der Waals surface area contributed by atoms with Crippen molar-refractivity contribution >= 4 is 23.2 Å². The third kappa shape index (κ3) is 4.51. The van der Waals surface area contributed by atoms with Gasteiger partial charge in [-0.05, 0) is 17.7 Å². The van der Waals surface area contributed by atoms with Crippen LogP contribution in [0.4, 0.5) is 5.69 Å². The molecule has 0 saturated heterocycles. The lowest BCUT2D eigenvalue weighted by molar-refractivity contribution is -0.120. The van der Waals surface area contributed by atoms with Gasteiger partial charge < -0.3 is 11.1 Å². The summed E-state index contributed by atoms with van der Waals surface area (Å²) in [5.41, 5.74) is 7.13. The minimum absolute atomic E-state index is 0.0950. The first-order chi connectivity index (χ1) is 7.08. The van der Waals surface area contributed by atoms with Crippen LogP contribution in [0.3, 0.4) is 0 Å². The number of hydrogen-bond donors (Lipinski definition) is 2.